The van der Waals surface area contributed by atoms with E-state index in [0.717, 1.165) is 25.7 Å². The molecule has 0 radical (unpaired) electrons. The van der Waals surface area contributed by atoms with Crippen LogP contribution in [0.4, 0.5) is 0 Å². The molecule has 0 saturated carbocycles. The number of ether oxygens (including phenoxy) is 1. The normalized spacial score (nSPS) is 14.7. The average molecular weight is 417 g/mol. The van der Waals surface area contributed by atoms with Gasteiger partial charge in [0.25, 0.3) is 5.91 Å². The van der Waals surface area contributed by atoms with Gasteiger partial charge >= 0.3 is 0 Å². The SMILES string of the molecule is COc1ccc(S(=O)(=O)N2CCCC2)cc1C(=O)NCCCc1ccc(C)cc1. The lowest BCUT2D eigenvalue weighted by molar-refractivity contribution is 0.0950. The zero-order valence-corrected chi connectivity index (χ0v) is 17.8. The summed E-state index contributed by atoms with van der Waals surface area (Å²) in [6.07, 6.45) is 3.39. The summed E-state index contributed by atoms with van der Waals surface area (Å²) in [6.45, 7) is 3.60. The van der Waals surface area contributed by atoms with Crippen LogP contribution in [0.1, 0.15) is 40.7 Å². The monoisotopic (exact) mass is 416 g/mol. The van der Waals surface area contributed by atoms with Crippen molar-refractivity contribution in [2.45, 2.75) is 37.5 Å². The zero-order chi connectivity index (χ0) is 20.9. The Kier molecular flexibility index (Phi) is 6.92. The summed E-state index contributed by atoms with van der Waals surface area (Å²) in [5, 5.41) is 2.88. The summed E-state index contributed by atoms with van der Waals surface area (Å²) in [5.41, 5.74) is 2.68. The molecule has 7 heteroatoms. The minimum atomic E-state index is -3.59. The highest BCUT2D eigenvalue weighted by Gasteiger charge is 2.28. The third kappa shape index (κ3) is 5.16. The first-order chi connectivity index (χ1) is 13.9. The van der Waals surface area contributed by atoms with E-state index in [1.807, 2.05) is 0 Å². The Morgan fingerprint density at radius 1 is 1.10 bits per heavy atom. The predicted octanol–water partition coefficient (Wildman–Crippen LogP) is 3.15. The molecule has 1 aliphatic rings. The highest BCUT2D eigenvalue weighted by atomic mass is 32.2. The van der Waals surface area contributed by atoms with Crippen molar-refractivity contribution in [3.63, 3.8) is 0 Å². The molecule has 0 aliphatic carbocycles. The van der Waals surface area contributed by atoms with Gasteiger partial charge in [-0.3, -0.25) is 4.79 Å². The number of amides is 1. The molecule has 29 heavy (non-hydrogen) atoms. The van der Waals surface area contributed by atoms with Crippen molar-refractivity contribution >= 4 is 15.9 Å². The van der Waals surface area contributed by atoms with Gasteiger partial charge in [0.15, 0.2) is 0 Å². The standard InChI is InChI=1S/C22H28N2O4S/c1-17-7-9-18(10-8-17)6-5-13-23-22(25)20-16-19(11-12-21(20)28-2)29(26,27)24-14-3-4-15-24/h7-12,16H,3-6,13-15H2,1-2H3,(H,23,25). The number of carbonyl (C=O) groups excluding carboxylic acids is 1. The maximum atomic E-state index is 12.8. The first-order valence-electron chi connectivity index (χ1n) is 9.94. The number of carbonyl (C=O) groups is 1. The van der Waals surface area contributed by atoms with Gasteiger partial charge < -0.3 is 10.1 Å². The second-order valence-corrected chi connectivity index (χ2v) is 9.26. The topological polar surface area (TPSA) is 75.7 Å². The number of benzene rings is 2. The van der Waals surface area contributed by atoms with Crippen LogP contribution in [0.3, 0.4) is 0 Å². The third-order valence-corrected chi connectivity index (χ3v) is 7.06. The van der Waals surface area contributed by atoms with Gasteiger partial charge in [-0.2, -0.15) is 4.31 Å². The molecular formula is C22H28N2O4S. The first kappa shape index (κ1) is 21.3. The Morgan fingerprint density at radius 2 is 1.79 bits per heavy atom. The second-order valence-electron chi connectivity index (χ2n) is 7.32. The number of nitrogens with zero attached hydrogens (tertiary/aromatic N) is 1. The van der Waals surface area contributed by atoms with Crippen LogP contribution in [0.25, 0.3) is 0 Å². The smallest absolute Gasteiger partial charge is 0.255 e. The summed E-state index contributed by atoms with van der Waals surface area (Å²) < 4.78 is 32.4. The van der Waals surface area contributed by atoms with E-state index in [9.17, 15) is 13.2 Å². The Hall–Kier alpha value is -2.38. The number of aryl methyl sites for hydroxylation is 2. The van der Waals surface area contributed by atoms with Gasteiger partial charge in [0.05, 0.1) is 17.6 Å². The molecule has 156 valence electrons. The summed E-state index contributed by atoms with van der Waals surface area (Å²) in [6, 6.07) is 12.8. The predicted molar refractivity (Wildman–Crippen MR) is 113 cm³/mol. The molecule has 1 amide bonds. The molecule has 1 aliphatic heterocycles. The molecule has 0 spiro atoms. The van der Waals surface area contributed by atoms with Crippen molar-refractivity contribution in [2.24, 2.45) is 0 Å². The molecule has 6 nitrogen and oxygen atoms in total. The van der Waals surface area contributed by atoms with Gasteiger partial charge in [-0.05, 0) is 56.4 Å². The van der Waals surface area contributed by atoms with Crippen LogP contribution < -0.4 is 10.1 Å². The lowest BCUT2D eigenvalue weighted by Gasteiger charge is -2.17. The maximum absolute atomic E-state index is 12.8. The first-order valence-corrected chi connectivity index (χ1v) is 11.4. The molecule has 0 aromatic heterocycles. The van der Waals surface area contributed by atoms with E-state index in [0.29, 0.717) is 25.4 Å². The van der Waals surface area contributed by atoms with Crippen LogP contribution in [0, 0.1) is 6.92 Å². The van der Waals surface area contributed by atoms with E-state index in [-0.39, 0.29) is 16.4 Å². The quantitative estimate of drug-likeness (QED) is 0.671. The average Bonchev–Trinajstić information content (AvgIpc) is 3.27. The zero-order valence-electron chi connectivity index (χ0n) is 17.0. The molecule has 2 aromatic carbocycles. The highest BCUT2D eigenvalue weighted by molar-refractivity contribution is 7.89. The van der Waals surface area contributed by atoms with E-state index >= 15 is 0 Å². The Bertz CT molecular complexity index is 949. The van der Waals surface area contributed by atoms with E-state index in [1.165, 1.54) is 34.7 Å². The maximum Gasteiger partial charge on any atom is 0.255 e. The van der Waals surface area contributed by atoms with Gasteiger partial charge in [-0.15, -0.1) is 0 Å². The van der Waals surface area contributed by atoms with Crippen molar-refractivity contribution < 1.29 is 17.9 Å². The number of methoxy groups -OCH3 is 1. The van der Waals surface area contributed by atoms with Gasteiger partial charge in [0.1, 0.15) is 5.75 Å². The van der Waals surface area contributed by atoms with Crippen LogP contribution in [-0.2, 0) is 16.4 Å². The van der Waals surface area contributed by atoms with Crippen LogP contribution in [0.2, 0.25) is 0 Å². The lowest BCUT2D eigenvalue weighted by Crippen LogP contribution is -2.29. The van der Waals surface area contributed by atoms with Gasteiger partial charge in [-0.1, -0.05) is 29.8 Å². The molecule has 2 aromatic rings. The summed E-state index contributed by atoms with van der Waals surface area (Å²) >= 11 is 0. The minimum absolute atomic E-state index is 0.130. The number of sulfonamides is 1. The fourth-order valence-electron chi connectivity index (χ4n) is 3.45. The third-order valence-electron chi connectivity index (χ3n) is 5.17. The molecular weight excluding hydrogens is 388 g/mol. The van der Waals surface area contributed by atoms with E-state index in [2.05, 4.69) is 36.5 Å². The van der Waals surface area contributed by atoms with Crippen molar-refractivity contribution in [1.82, 2.24) is 9.62 Å². The van der Waals surface area contributed by atoms with E-state index in [1.54, 1.807) is 6.07 Å². The number of hydrogen-bond donors (Lipinski definition) is 1. The molecule has 0 atom stereocenters. The lowest BCUT2D eigenvalue weighted by atomic mass is 10.1. The number of rotatable bonds is 8. The summed E-state index contributed by atoms with van der Waals surface area (Å²) in [5.74, 6) is 0.0330. The van der Waals surface area contributed by atoms with Crippen molar-refractivity contribution in [1.29, 1.82) is 0 Å². The van der Waals surface area contributed by atoms with Crippen molar-refractivity contribution in [3.05, 3.63) is 59.2 Å². The van der Waals surface area contributed by atoms with Gasteiger partial charge in [-0.25, -0.2) is 8.42 Å². The number of hydrogen-bond acceptors (Lipinski definition) is 4. The minimum Gasteiger partial charge on any atom is -0.496 e. The van der Waals surface area contributed by atoms with E-state index < -0.39 is 10.0 Å². The Balaban J connectivity index is 1.66. The molecule has 1 saturated heterocycles. The number of nitrogens with one attached hydrogen (secondary N) is 1. The van der Waals surface area contributed by atoms with Gasteiger partial charge in [0.2, 0.25) is 10.0 Å². The Labute approximate surface area is 172 Å². The summed E-state index contributed by atoms with van der Waals surface area (Å²) in [4.78, 5) is 12.8. The molecule has 0 unspecified atom stereocenters. The van der Waals surface area contributed by atoms with Crippen molar-refractivity contribution in [3.8, 4) is 5.75 Å². The van der Waals surface area contributed by atoms with E-state index in [4.69, 9.17) is 4.74 Å². The van der Waals surface area contributed by atoms with Gasteiger partial charge in [0, 0.05) is 19.6 Å². The van der Waals surface area contributed by atoms with Crippen molar-refractivity contribution in [2.75, 3.05) is 26.7 Å². The van der Waals surface area contributed by atoms with Crippen LogP contribution in [0.5, 0.6) is 5.75 Å². The second kappa shape index (κ2) is 9.41. The molecule has 0 bridgehead atoms. The van der Waals surface area contributed by atoms with Crippen LogP contribution in [0.15, 0.2) is 47.4 Å². The molecule has 1 N–H and O–H groups in total. The molecule has 3 rings (SSSR count). The van der Waals surface area contributed by atoms with Crippen LogP contribution in [-0.4, -0.2) is 45.4 Å². The molecule has 1 fully saturated rings. The highest BCUT2D eigenvalue weighted by Crippen LogP contribution is 2.26. The fourth-order valence-corrected chi connectivity index (χ4v) is 4.99. The van der Waals surface area contributed by atoms with Crippen LogP contribution >= 0.6 is 0 Å². The largest absolute Gasteiger partial charge is 0.496 e. The fraction of sp³-hybridized carbons (Fsp3) is 0.409. The Morgan fingerprint density at radius 3 is 2.45 bits per heavy atom. The summed E-state index contributed by atoms with van der Waals surface area (Å²) in [7, 11) is -2.12. The molecule has 1 heterocycles.